The Balaban J connectivity index is 1.37. The molecule has 4 rings (SSSR count). The van der Waals surface area contributed by atoms with Gasteiger partial charge < -0.3 is 19.0 Å². The zero-order valence-corrected chi connectivity index (χ0v) is 16.5. The Morgan fingerprint density at radius 1 is 1.26 bits per heavy atom. The smallest absolute Gasteiger partial charge is 0.257 e. The van der Waals surface area contributed by atoms with E-state index in [1.807, 2.05) is 29.7 Å². The van der Waals surface area contributed by atoms with Crippen molar-refractivity contribution in [1.29, 1.82) is 0 Å². The van der Waals surface area contributed by atoms with Gasteiger partial charge >= 0.3 is 0 Å². The van der Waals surface area contributed by atoms with Crippen molar-refractivity contribution < 1.29 is 18.7 Å². The maximum absolute atomic E-state index is 12.8. The minimum atomic E-state index is 0.0716. The maximum Gasteiger partial charge on any atom is 0.257 e. The molecular formula is C21H30N2O4. The van der Waals surface area contributed by atoms with Gasteiger partial charge in [-0.3, -0.25) is 9.59 Å². The fourth-order valence-corrected chi connectivity index (χ4v) is 4.91. The third-order valence-corrected chi connectivity index (χ3v) is 6.58. The van der Waals surface area contributed by atoms with Crippen LogP contribution in [0.5, 0.6) is 0 Å². The minimum absolute atomic E-state index is 0.0716. The van der Waals surface area contributed by atoms with Gasteiger partial charge in [0.05, 0.1) is 11.7 Å². The number of hydrogen-bond acceptors (Lipinski definition) is 4. The Hall–Kier alpha value is -1.82. The van der Waals surface area contributed by atoms with Crippen LogP contribution in [0.1, 0.15) is 60.4 Å². The van der Waals surface area contributed by atoms with E-state index in [0.29, 0.717) is 17.7 Å². The quantitative estimate of drug-likeness (QED) is 0.816. The lowest BCUT2D eigenvalue weighted by Gasteiger charge is -2.47. The molecule has 6 heteroatoms. The van der Waals surface area contributed by atoms with Crippen LogP contribution in [0.3, 0.4) is 0 Å². The highest BCUT2D eigenvalue weighted by atomic mass is 16.5. The molecule has 0 aliphatic carbocycles. The largest absolute Gasteiger partial charge is 0.466 e. The van der Waals surface area contributed by atoms with Crippen LogP contribution < -0.4 is 0 Å². The van der Waals surface area contributed by atoms with Gasteiger partial charge in [0.2, 0.25) is 5.91 Å². The van der Waals surface area contributed by atoms with Crippen LogP contribution in [0.25, 0.3) is 0 Å². The number of piperidine rings is 2. The zero-order chi connectivity index (χ0) is 19.0. The normalized spacial score (nSPS) is 25.4. The summed E-state index contributed by atoms with van der Waals surface area (Å²) in [6, 6.07) is 1.84. The van der Waals surface area contributed by atoms with E-state index >= 15 is 0 Å². The molecule has 1 spiro atoms. The average Bonchev–Trinajstić information content (AvgIpc) is 3.28. The number of hydrogen-bond donors (Lipinski definition) is 0. The van der Waals surface area contributed by atoms with Crippen LogP contribution in [-0.4, -0.2) is 60.5 Å². The lowest BCUT2D eigenvalue weighted by molar-refractivity contribution is -0.141. The third kappa shape index (κ3) is 3.77. The molecule has 3 saturated heterocycles. The Morgan fingerprint density at radius 3 is 2.67 bits per heavy atom. The van der Waals surface area contributed by atoms with Crippen LogP contribution in [-0.2, 0) is 9.53 Å². The second-order valence-corrected chi connectivity index (χ2v) is 8.53. The molecular weight excluding hydrogens is 344 g/mol. The van der Waals surface area contributed by atoms with E-state index in [1.54, 1.807) is 0 Å². The summed E-state index contributed by atoms with van der Waals surface area (Å²) in [6.07, 6.45) is 5.86. The van der Waals surface area contributed by atoms with Gasteiger partial charge in [-0.1, -0.05) is 0 Å². The molecule has 0 N–H and O–H groups in total. The first-order valence-corrected chi connectivity index (χ1v) is 10.2. The molecule has 6 nitrogen and oxygen atoms in total. The number of rotatable bonds is 3. The third-order valence-electron chi connectivity index (χ3n) is 6.58. The van der Waals surface area contributed by atoms with E-state index in [0.717, 1.165) is 70.7 Å². The number of nitrogens with zero attached hydrogens (tertiary/aromatic N) is 2. The van der Waals surface area contributed by atoms with Gasteiger partial charge in [-0.15, -0.1) is 0 Å². The van der Waals surface area contributed by atoms with Gasteiger partial charge in [0, 0.05) is 39.2 Å². The topological polar surface area (TPSA) is 63.0 Å². The van der Waals surface area contributed by atoms with E-state index in [9.17, 15) is 9.59 Å². The summed E-state index contributed by atoms with van der Waals surface area (Å²) in [5.74, 6) is 1.81. The summed E-state index contributed by atoms with van der Waals surface area (Å²) in [6.45, 7) is 7.60. The van der Waals surface area contributed by atoms with Gasteiger partial charge in [0.1, 0.15) is 11.5 Å². The number of aryl methyl sites for hydroxylation is 2. The van der Waals surface area contributed by atoms with Crippen LogP contribution in [0.4, 0.5) is 0 Å². The molecule has 3 aliphatic heterocycles. The van der Waals surface area contributed by atoms with Gasteiger partial charge in [0.15, 0.2) is 0 Å². The summed E-state index contributed by atoms with van der Waals surface area (Å²) < 4.78 is 11.3. The first kappa shape index (κ1) is 18.5. The second kappa shape index (κ2) is 7.30. The predicted molar refractivity (Wildman–Crippen MR) is 101 cm³/mol. The van der Waals surface area contributed by atoms with Crippen LogP contribution >= 0.6 is 0 Å². The molecule has 27 heavy (non-hydrogen) atoms. The molecule has 0 aromatic carbocycles. The van der Waals surface area contributed by atoms with E-state index in [2.05, 4.69) is 0 Å². The standard InChI is InChI=1S/C21H30N2O4/c1-15-12-18(16(2)27-15)20(25)22-9-7-21(8-10-22)6-5-19(24)23(14-21)13-17-4-3-11-26-17/h12,17H,3-11,13-14H2,1-2H3. The highest BCUT2D eigenvalue weighted by Gasteiger charge is 2.42. The van der Waals surface area contributed by atoms with Crippen molar-refractivity contribution in [1.82, 2.24) is 9.80 Å². The fourth-order valence-electron chi connectivity index (χ4n) is 4.91. The number of ether oxygens (including phenoxy) is 1. The second-order valence-electron chi connectivity index (χ2n) is 8.53. The Bertz CT molecular complexity index is 712. The molecule has 1 aromatic rings. The fraction of sp³-hybridized carbons (Fsp3) is 0.714. The van der Waals surface area contributed by atoms with Crippen molar-refractivity contribution in [2.75, 3.05) is 32.8 Å². The minimum Gasteiger partial charge on any atom is -0.466 e. The first-order valence-electron chi connectivity index (χ1n) is 10.2. The van der Waals surface area contributed by atoms with E-state index in [4.69, 9.17) is 9.15 Å². The Morgan fingerprint density at radius 2 is 2.04 bits per heavy atom. The SMILES string of the molecule is Cc1cc(C(=O)N2CCC3(CCC(=O)N(CC4CCCO4)C3)CC2)c(C)o1. The van der Waals surface area contributed by atoms with Gasteiger partial charge in [0.25, 0.3) is 5.91 Å². The number of carbonyl (C=O) groups is 2. The molecule has 3 aliphatic rings. The molecule has 1 unspecified atom stereocenters. The van der Waals surface area contributed by atoms with Gasteiger partial charge in [-0.05, 0) is 57.4 Å². The molecule has 1 atom stereocenters. The molecule has 0 radical (unpaired) electrons. The summed E-state index contributed by atoms with van der Waals surface area (Å²) >= 11 is 0. The number of likely N-dealkylation sites (tertiary alicyclic amines) is 2. The Kier molecular flexibility index (Phi) is 5.01. The maximum atomic E-state index is 12.8. The van der Waals surface area contributed by atoms with Gasteiger partial charge in [-0.25, -0.2) is 0 Å². The van der Waals surface area contributed by atoms with Crippen LogP contribution in [0, 0.1) is 19.3 Å². The molecule has 1 aromatic heterocycles. The van der Waals surface area contributed by atoms with Crippen LogP contribution in [0.2, 0.25) is 0 Å². The molecule has 3 fully saturated rings. The van der Waals surface area contributed by atoms with Crippen molar-refractivity contribution >= 4 is 11.8 Å². The van der Waals surface area contributed by atoms with Crippen molar-refractivity contribution in [2.45, 2.75) is 58.5 Å². The van der Waals surface area contributed by atoms with Gasteiger partial charge in [-0.2, -0.15) is 0 Å². The van der Waals surface area contributed by atoms with E-state index in [-0.39, 0.29) is 23.3 Å². The summed E-state index contributed by atoms with van der Waals surface area (Å²) in [4.78, 5) is 29.2. The summed E-state index contributed by atoms with van der Waals surface area (Å²) in [5, 5.41) is 0. The molecule has 0 bridgehead atoms. The van der Waals surface area contributed by atoms with Crippen LogP contribution in [0.15, 0.2) is 10.5 Å². The molecule has 4 heterocycles. The van der Waals surface area contributed by atoms with Crippen molar-refractivity contribution in [3.05, 3.63) is 23.2 Å². The monoisotopic (exact) mass is 374 g/mol. The van der Waals surface area contributed by atoms with E-state index in [1.165, 1.54) is 0 Å². The summed E-state index contributed by atoms with van der Waals surface area (Å²) in [7, 11) is 0. The van der Waals surface area contributed by atoms with Crippen molar-refractivity contribution in [3.8, 4) is 0 Å². The highest BCUT2D eigenvalue weighted by Crippen LogP contribution is 2.41. The predicted octanol–water partition coefficient (Wildman–Crippen LogP) is 2.92. The zero-order valence-electron chi connectivity index (χ0n) is 16.5. The lowest BCUT2D eigenvalue weighted by Crippen LogP contribution is -2.53. The first-order chi connectivity index (χ1) is 13.0. The van der Waals surface area contributed by atoms with Crippen molar-refractivity contribution in [3.63, 3.8) is 0 Å². The number of amides is 2. The average molecular weight is 374 g/mol. The number of carbonyl (C=O) groups excluding carboxylic acids is 2. The lowest BCUT2D eigenvalue weighted by atomic mass is 9.72. The summed E-state index contributed by atoms with van der Waals surface area (Å²) in [5.41, 5.74) is 0.840. The van der Waals surface area contributed by atoms with E-state index < -0.39 is 0 Å². The molecule has 2 amide bonds. The molecule has 0 saturated carbocycles. The Labute approximate surface area is 160 Å². The highest BCUT2D eigenvalue weighted by molar-refractivity contribution is 5.95. The molecule has 148 valence electrons. The number of furan rings is 1. The van der Waals surface area contributed by atoms with Crippen molar-refractivity contribution in [2.24, 2.45) is 5.41 Å².